The lowest BCUT2D eigenvalue weighted by molar-refractivity contribution is -0.384. The predicted molar refractivity (Wildman–Crippen MR) is 119 cm³/mol. The Bertz CT molecular complexity index is 1090. The second-order valence-electron chi connectivity index (χ2n) is 6.80. The molecule has 10 nitrogen and oxygen atoms in total. The molecule has 1 aliphatic heterocycles. The van der Waals surface area contributed by atoms with Crippen LogP contribution in [0, 0.1) is 16.0 Å². The average molecular weight is 527 g/mol. The molecule has 12 heteroatoms. The van der Waals surface area contributed by atoms with Crippen molar-refractivity contribution in [3.63, 3.8) is 0 Å². The highest BCUT2D eigenvalue weighted by Crippen LogP contribution is 2.36. The first-order valence-electron chi connectivity index (χ1n) is 9.24. The first-order valence-corrected chi connectivity index (χ1v) is 10.4. The summed E-state index contributed by atoms with van der Waals surface area (Å²) in [6, 6.07) is 8.66. The van der Waals surface area contributed by atoms with Gasteiger partial charge in [-0.3, -0.25) is 24.5 Å². The van der Waals surface area contributed by atoms with E-state index in [1.165, 1.54) is 36.3 Å². The van der Waals surface area contributed by atoms with Gasteiger partial charge in [-0.05, 0) is 40.2 Å². The summed E-state index contributed by atoms with van der Waals surface area (Å²) >= 11 is 9.22. The number of methoxy groups -OCH3 is 1. The van der Waals surface area contributed by atoms with Gasteiger partial charge in [0, 0.05) is 29.2 Å². The van der Waals surface area contributed by atoms with E-state index in [1.807, 2.05) is 0 Å². The van der Waals surface area contributed by atoms with Crippen molar-refractivity contribution in [2.75, 3.05) is 30.5 Å². The number of carbonyl (C=O) groups is 3. The summed E-state index contributed by atoms with van der Waals surface area (Å²) < 4.78 is 10.9. The Morgan fingerprint density at radius 3 is 2.72 bits per heavy atom. The van der Waals surface area contributed by atoms with Gasteiger partial charge in [0.2, 0.25) is 5.91 Å². The summed E-state index contributed by atoms with van der Waals surface area (Å²) in [6.07, 6.45) is -0.122. The standard InChI is InChI=1S/C20H17BrClN3O7/c1-31-17-8-13(25(29)30)3-5-16(17)24-9-11(6-19(24)27)20(28)32-10-18(26)23-12-2-4-14(21)15(22)7-12/h2-5,7-8,11H,6,9-10H2,1H3,(H,23,26)/t11-/m1/s1. The maximum absolute atomic E-state index is 12.4. The highest BCUT2D eigenvalue weighted by Gasteiger charge is 2.37. The SMILES string of the molecule is COc1cc([N+](=O)[O-])ccc1N1C[C@H](C(=O)OCC(=O)Nc2ccc(Br)c(Cl)c2)CC1=O. The van der Waals surface area contributed by atoms with Crippen molar-refractivity contribution >= 4 is 62.4 Å². The number of anilines is 2. The van der Waals surface area contributed by atoms with E-state index < -0.39 is 29.3 Å². The molecule has 168 valence electrons. The molecule has 0 unspecified atom stereocenters. The molecule has 2 aromatic rings. The zero-order chi connectivity index (χ0) is 23.4. The minimum Gasteiger partial charge on any atom is -0.494 e. The van der Waals surface area contributed by atoms with Crippen LogP contribution in [0.2, 0.25) is 5.02 Å². The van der Waals surface area contributed by atoms with Crippen LogP contribution < -0.4 is 15.0 Å². The summed E-state index contributed by atoms with van der Waals surface area (Å²) in [5, 5.41) is 13.9. The Morgan fingerprint density at radius 1 is 1.31 bits per heavy atom. The lowest BCUT2D eigenvalue weighted by Gasteiger charge is -2.19. The van der Waals surface area contributed by atoms with Crippen molar-refractivity contribution in [3.8, 4) is 5.75 Å². The molecule has 0 radical (unpaired) electrons. The van der Waals surface area contributed by atoms with E-state index in [9.17, 15) is 24.5 Å². The summed E-state index contributed by atoms with van der Waals surface area (Å²) in [4.78, 5) is 48.6. The van der Waals surface area contributed by atoms with Crippen LogP contribution in [0.5, 0.6) is 5.75 Å². The number of benzene rings is 2. The van der Waals surface area contributed by atoms with Crippen molar-refractivity contribution in [2.45, 2.75) is 6.42 Å². The van der Waals surface area contributed by atoms with Gasteiger partial charge < -0.3 is 19.7 Å². The molecule has 1 heterocycles. The van der Waals surface area contributed by atoms with Gasteiger partial charge in [0.1, 0.15) is 5.75 Å². The highest BCUT2D eigenvalue weighted by molar-refractivity contribution is 9.10. The summed E-state index contributed by atoms with van der Waals surface area (Å²) in [5.74, 6) is -2.29. The molecule has 1 atom stereocenters. The number of esters is 1. The first-order chi connectivity index (χ1) is 15.2. The lowest BCUT2D eigenvalue weighted by atomic mass is 10.1. The van der Waals surface area contributed by atoms with Crippen LogP contribution >= 0.6 is 27.5 Å². The lowest BCUT2D eigenvalue weighted by Crippen LogP contribution is -2.28. The number of nitrogens with one attached hydrogen (secondary N) is 1. The quantitative estimate of drug-likeness (QED) is 0.332. The van der Waals surface area contributed by atoms with Gasteiger partial charge in [0.05, 0.1) is 34.7 Å². The number of halogens is 2. The van der Waals surface area contributed by atoms with E-state index >= 15 is 0 Å². The van der Waals surface area contributed by atoms with E-state index in [0.29, 0.717) is 20.9 Å². The molecule has 2 aromatic carbocycles. The number of hydrogen-bond acceptors (Lipinski definition) is 7. The largest absolute Gasteiger partial charge is 0.494 e. The second-order valence-corrected chi connectivity index (χ2v) is 8.06. The van der Waals surface area contributed by atoms with Crippen molar-refractivity contribution in [1.82, 2.24) is 0 Å². The number of hydrogen-bond donors (Lipinski definition) is 1. The predicted octanol–water partition coefficient (Wildman–Crippen LogP) is 3.55. The molecular weight excluding hydrogens is 510 g/mol. The number of nitro benzene ring substituents is 1. The summed E-state index contributed by atoms with van der Waals surface area (Å²) in [7, 11) is 1.33. The molecule has 1 fully saturated rings. The number of nitrogens with zero attached hydrogens (tertiary/aromatic N) is 2. The molecule has 32 heavy (non-hydrogen) atoms. The van der Waals surface area contributed by atoms with Crippen molar-refractivity contribution < 1.29 is 28.8 Å². The Morgan fingerprint density at radius 2 is 2.06 bits per heavy atom. The Kier molecular flexibility index (Phi) is 7.31. The number of carbonyl (C=O) groups excluding carboxylic acids is 3. The topological polar surface area (TPSA) is 128 Å². The van der Waals surface area contributed by atoms with Crippen molar-refractivity contribution in [1.29, 1.82) is 0 Å². The van der Waals surface area contributed by atoms with Crippen LogP contribution in [-0.2, 0) is 19.1 Å². The fraction of sp³-hybridized carbons (Fsp3) is 0.250. The molecule has 0 saturated carbocycles. The molecule has 0 spiro atoms. The number of nitro groups is 1. The third-order valence-electron chi connectivity index (χ3n) is 4.67. The Labute approximate surface area is 195 Å². The normalized spacial score (nSPS) is 15.4. The van der Waals surface area contributed by atoms with Gasteiger partial charge in [-0.1, -0.05) is 11.6 Å². The van der Waals surface area contributed by atoms with Crippen LogP contribution in [0.1, 0.15) is 6.42 Å². The zero-order valence-electron chi connectivity index (χ0n) is 16.7. The van der Waals surface area contributed by atoms with Crippen LogP contribution in [-0.4, -0.2) is 43.0 Å². The van der Waals surface area contributed by atoms with Crippen molar-refractivity contribution in [2.24, 2.45) is 5.92 Å². The molecule has 2 amide bonds. The van der Waals surface area contributed by atoms with E-state index in [0.717, 1.165) is 0 Å². The van der Waals surface area contributed by atoms with Crippen LogP contribution in [0.4, 0.5) is 17.1 Å². The van der Waals surface area contributed by atoms with E-state index in [2.05, 4.69) is 21.2 Å². The van der Waals surface area contributed by atoms with E-state index in [1.54, 1.807) is 12.1 Å². The zero-order valence-corrected chi connectivity index (χ0v) is 19.0. The maximum atomic E-state index is 12.4. The van der Waals surface area contributed by atoms with E-state index in [4.69, 9.17) is 21.1 Å². The number of ether oxygens (including phenoxy) is 2. The molecule has 3 rings (SSSR count). The van der Waals surface area contributed by atoms with Gasteiger partial charge in [-0.15, -0.1) is 0 Å². The van der Waals surface area contributed by atoms with Gasteiger partial charge in [-0.2, -0.15) is 0 Å². The molecule has 0 bridgehead atoms. The van der Waals surface area contributed by atoms with Crippen molar-refractivity contribution in [3.05, 3.63) is 56.0 Å². The molecule has 1 N–H and O–H groups in total. The number of rotatable bonds is 7. The van der Waals surface area contributed by atoms with Crippen LogP contribution in [0.15, 0.2) is 40.9 Å². The molecule has 1 aliphatic rings. The molecule has 1 saturated heterocycles. The second kappa shape index (κ2) is 9.96. The third kappa shape index (κ3) is 5.35. The monoisotopic (exact) mass is 525 g/mol. The molecular formula is C20H17BrClN3O7. The summed E-state index contributed by atoms with van der Waals surface area (Å²) in [5.41, 5.74) is 0.557. The highest BCUT2D eigenvalue weighted by atomic mass is 79.9. The Hall–Kier alpha value is -3.18. The maximum Gasteiger partial charge on any atom is 0.311 e. The van der Waals surface area contributed by atoms with Crippen LogP contribution in [0.25, 0.3) is 0 Å². The van der Waals surface area contributed by atoms with E-state index in [-0.39, 0.29) is 30.3 Å². The smallest absolute Gasteiger partial charge is 0.311 e. The van der Waals surface area contributed by atoms with Gasteiger partial charge >= 0.3 is 5.97 Å². The van der Waals surface area contributed by atoms with Gasteiger partial charge in [0.15, 0.2) is 6.61 Å². The number of non-ortho nitro benzene ring substituents is 1. The third-order valence-corrected chi connectivity index (χ3v) is 5.90. The average Bonchev–Trinajstić information content (AvgIpc) is 3.15. The fourth-order valence-electron chi connectivity index (χ4n) is 3.13. The summed E-state index contributed by atoms with van der Waals surface area (Å²) in [6.45, 7) is -0.534. The molecule has 0 aromatic heterocycles. The first kappa shape index (κ1) is 23.5. The van der Waals surface area contributed by atoms with Gasteiger partial charge in [-0.25, -0.2) is 0 Å². The Balaban J connectivity index is 1.59. The molecule has 0 aliphatic carbocycles. The van der Waals surface area contributed by atoms with Gasteiger partial charge in [0.25, 0.3) is 11.6 Å². The fourth-order valence-corrected chi connectivity index (χ4v) is 3.55. The van der Waals surface area contributed by atoms with Crippen LogP contribution in [0.3, 0.4) is 0 Å². The minimum atomic E-state index is -0.794. The minimum absolute atomic E-state index is 0.00419. The number of amides is 2.